The molecule has 5 heteroatoms. The molecule has 0 saturated heterocycles. The third kappa shape index (κ3) is 4.07. The van der Waals surface area contributed by atoms with Gasteiger partial charge >= 0.3 is 5.97 Å². The van der Waals surface area contributed by atoms with Crippen molar-refractivity contribution < 1.29 is 19.0 Å². The number of benzene rings is 2. The summed E-state index contributed by atoms with van der Waals surface area (Å²) in [7, 11) is 0. The maximum absolute atomic E-state index is 13.3. The van der Waals surface area contributed by atoms with Crippen molar-refractivity contribution in [3.05, 3.63) is 64.4 Å². The number of carbonyl (C=O) groups is 1. The molecule has 0 radical (unpaired) electrons. The Kier molecular flexibility index (Phi) is 4.60. The topological polar surface area (TPSA) is 46.5 Å². The summed E-state index contributed by atoms with van der Waals surface area (Å²) in [4.78, 5) is 10.6. The van der Waals surface area contributed by atoms with E-state index in [1.165, 1.54) is 24.3 Å². The highest BCUT2D eigenvalue weighted by Crippen LogP contribution is 2.31. The Balaban J connectivity index is 2.39. The van der Waals surface area contributed by atoms with Crippen LogP contribution < -0.4 is 4.74 Å². The molecule has 108 valence electrons. The summed E-state index contributed by atoms with van der Waals surface area (Å²) in [6.07, 6.45) is 2.20. The Hall–Kier alpha value is -2.33. The molecule has 1 N–H and O–H groups in total. The Morgan fingerprint density at radius 1 is 1.24 bits per heavy atom. The second-order valence-corrected chi connectivity index (χ2v) is 4.80. The summed E-state index contributed by atoms with van der Waals surface area (Å²) in [6.45, 7) is 1.85. The van der Waals surface area contributed by atoms with Crippen LogP contribution in [0, 0.1) is 12.7 Å². The fraction of sp³-hybridized carbons (Fsp3) is 0.0625. The summed E-state index contributed by atoms with van der Waals surface area (Å²) >= 11 is 5.92. The van der Waals surface area contributed by atoms with E-state index in [1.807, 2.05) is 6.92 Å². The molecule has 0 aliphatic heterocycles. The van der Waals surface area contributed by atoms with Crippen LogP contribution in [0.5, 0.6) is 11.5 Å². The van der Waals surface area contributed by atoms with Crippen molar-refractivity contribution in [3.63, 3.8) is 0 Å². The van der Waals surface area contributed by atoms with Crippen LogP contribution in [0.3, 0.4) is 0 Å². The molecule has 3 nitrogen and oxygen atoms in total. The van der Waals surface area contributed by atoms with E-state index < -0.39 is 11.8 Å². The maximum Gasteiger partial charge on any atom is 0.328 e. The maximum atomic E-state index is 13.3. The largest absolute Gasteiger partial charge is 0.478 e. The minimum atomic E-state index is -1.12. The molecule has 0 aromatic heterocycles. The first-order chi connectivity index (χ1) is 9.95. The van der Waals surface area contributed by atoms with Crippen LogP contribution in [0.15, 0.2) is 42.5 Å². The lowest BCUT2D eigenvalue weighted by Crippen LogP contribution is -1.92. The number of rotatable bonds is 4. The van der Waals surface area contributed by atoms with Gasteiger partial charge in [0.05, 0.1) is 0 Å². The summed E-state index contributed by atoms with van der Waals surface area (Å²) in [6, 6.07) is 9.07. The van der Waals surface area contributed by atoms with Gasteiger partial charge < -0.3 is 9.84 Å². The van der Waals surface area contributed by atoms with Crippen LogP contribution in [0.2, 0.25) is 5.02 Å². The predicted octanol–water partition coefficient (Wildman–Crippen LogP) is 4.68. The van der Waals surface area contributed by atoms with E-state index in [0.717, 1.165) is 11.6 Å². The first kappa shape index (κ1) is 15.1. The third-order valence-electron chi connectivity index (χ3n) is 2.75. The molecule has 0 amide bonds. The number of hydrogen-bond donors (Lipinski definition) is 1. The lowest BCUT2D eigenvalue weighted by molar-refractivity contribution is -0.131. The van der Waals surface area contributed by atoms with Gasteiger partial charge in [0.1, 0.15) is 17.3 Å². The number of carboxylic acids is 1. The van der Waals surface area contributed by atoms with Crippen LogP contribution >= 0.6 is 11.6 Å². The molecule has 0 unspecified atom stereocenters. The van der Waals surface area contributed by atoms with Crippen LogP contribution in [0.1, 0.15) is 11.1 Å². The Bertz CT molecular complexity index is 711. The van der Waals surface area contributed by atoms with E-state index in [-0.39, 0.29) is 0 Å². The fourth-order valence-corrected chi connectivity index (χ4v) is 1.87. The van der Waals surface area contributed by atoms with Crippen molar-refractivity contribution in [1.82, 2.24) is 0 Å². The Morgan fingerprint density at radius 3 is 2.71 bits per heavy atom. The van der Waals surface area contributed by atoms with E-state index in [2.05, 4.69) is 0 Å². The highest BCUT2D eigenvalue weighted by Gasteiger charge is 2.07. The third-order valence-corrected chi connectivity index (χ3v) is 2.98. The minimum Gasteiger partial charge on any atom is -0.478 e. The number of aliphatic carboxylic acids is 1. The van der Waals surface area contributed by atoms with E-state index in [4.69, 9.17) is 21.4 Å². The first-order valence-electron chi connectivity index (χ1n) is 6.10. The van der Waals surface area contributed by atoms with Gasteiger partial charge in [0.2, 0.25) is 0 Å². The number of hydrogen-bond acceptors (Lipinski definition) is 2. The molecule has 21 heavy (non-hydrogen) atoms. The van der Waals surface area contributed by atoms with Gasteiger partial charge in [-0.15, -0.1) is 0 Å². The van der Waals surface area contributed by atoms with Gasteiger partial charge in [0.25, 0.3) is 0 Å². The summed E-state index contributed by atoms with van der Waals surface area (Å²) < 4.78 is 19.0. The van der Waals surface area contributed by atoms with Crippen molar-refractivity contribution in [2.24, 2.45) is 0 Å². The van der Waals surface area contributed by atoms with Crippen molar-refractivity contribution >= 4 is 23.6 Å². The van der Waals surface area contributed by atoms with Crippen molar-refractivity contribution in [2.45, 2.75) is 6.92 Å². The Labute approximate surface area is 126 Å². The van der Waals surface area contributed by atoms with Crippen LogP contribution in [-0.2, 0) is 4.79 Å². The molecule has 0 fully saturated rings. The summed E-state index contributed by atoms with van der Waals surface area (Å²) in [5, 5.41) is 9.18. The average molecular weight is 307 g/mol. The zero-order chi connectivity index (χ0) is 15.4. The normalized spacial score (nSPS) is 10.8. The van der Waals surface area contributed by atoms with Gasteiger partial charge in [0, 0.05) is 16.7 Å². The molecule has 0 saturated carbocycles. The highest BCUT2D eigenvalue weighted by molar-refractivity contribution is 6.30. The first-order valence-corrected chi connectivity index (χ1v) is 6.48. The standard InChI is InChI=1S/C16H12ClFO3/c1-10-2-4-12(17)9-15(10)21-14-6-5-13(18)8-11(14)3-7-16(19)20/h2-9H,1H3,(H,19,20). The summed E-state index contributed by atoms with van der Waals surface area (Å²) in [5.74, 6) is -0.724. The molecule has 0 aliphatic rings. The smallest absolute Gasteiger partial charge is 0.328 e. The Morgan fingerprint density at radius 2 is 2.00 bits per heavy atom. The van der Waals surface area contributed by atoms with Crippen molar-refractivity contribution in [1.29, 1.82) is 0 Å². The fourth-order valence-electron chi connectivity index (χ4n) is 1.71. The predicted molar refractivity (Wildman–Crippen MR) is 79.3 cm³/mol. The van der Waals surface area contributed by atoms with Crippen LogP contribution in [-0.4, -0.2) is 11.1 Å². The second-order valence-electron chi connectivity index (χ2n) is 4.37. The average Bonchev–Trinajstić information content (AvgIpc) is 2.43. The second kappa shape index (κ2) is 6.41. The molecule has 0 atom stereocenters. The van der Waals surface area contributed by atoms with E-state index in [0.29, 0.717) is 22.1 Å². The lowest BCUT2D eigenvalue weighted by atomic mass is 10.1. The quantitative estimate of drug-likeness (QED) is 0.834. The van der Waals surface area contributed by atoms with Gasteiger partial charge in [-0.05, 0) is 48.9 Å². The monoisotopic (exact) mass is 306 g/mol. The van der Waals surface area contributed by atoms with Gasteiger partial charge in [-0.3, -0.25) is 0 Å². The van der Waals surface area contributed by atoms with Gasteiger partial charge in [-0.25, -0.2) is 9.18 Å². The molecule has 0 heterocycles. The molecular weight excluding hydrogens is 295 g/mol. The van der Waals surface area contributed by atoms with E-state index in [9.17, 15) is 9.18 Å². The minimum absolute atomic E-state index is 0.330. The van der Waals surface area contributed by atoms with Gasteiger partial charge in [0.15, 0.2) is 0 Å². The summed E-state index contributed by atoms with van der Waals surface area (Å²) in [5.41, 5.74) is 1.19. The molecule has 2 aromatic carbocycles. The number of aryl methyl sites for hydroxylation is 1. The van der Waals surface area contributed by atoms with E-state index in [1.54, 1.807) is 18.2 Å². The molecule has 0 aliphatic carbocycles. The van der Waals surface area contributed by atoms with Crippen LogP contribution in [0.4, 0.5) is 4.39 Å². The zero-order valence-electron chi connectivity index (χ0n) is 11.1. The van der Waals surface area contributed by atoms with Crippen LogP contribution in [0.25, 0.3) is 6.08 Å². The van der Waals surface area contributed by atoms with E-state index >= 15 is 0 Å². The zero-order valence-corrected chi connectivity index (χ0v) is 11.9. The van der Waals surface area contributed by atoms with Gasteiger partial charge in [-0.2, -0.15) is 0 Å². The number of carboxylic acid groups (broad SMARTS) is 1. The number of ether oxygens (including phenoxy) is 1. The highest BCUT2D eigenvalue weighted by atomic mass is 35.5. The SMILES string of the molecule is Cc1ccc(Cl)cc1Oc1ccc(F)cc1C=CC(=O)O. The molecular formula is C16H12ClFO3. The number of halogens is 2. The lowest BCUT2D eigenvalue weighted by Gasteiger charge is -2.11. The molecule has 2 rings (SSSR count). The van der Waals surface area contributed by atoms with Crippen molar-refractivity contribution in [2.75, 3.05) is 0 Å². The van der Waals surface area contributed by atoms with Crippen molar-refractivity contribution in [3.8, 4) is 11.5 Å². The molecule has 0 bridgehead atoms. The molecule has 0 spiro atoms. The van der Waals surface area contributed by atoms with Gasteiger partial charge in [-0.1, -0.05) is 17.7 Å². The molecule has 2 aromatic rings.